The number of hydrogen-bond acceptors (Lipinski definition) is 2. The summed E-state index contributed by atoms with van der Waals surface area (Å²) in [5.41, 5.74) is 12.2. The molecule has 108 valence electrons. The molecule has 2 aromatic heterocycles. The Morgan fingerprint density at radius 2 is 2.00 bits per heavy atom. The van der Waals surface area contributed by atoms with E-state index in [1.807, 2.05) is 19.1 Å². The molecule has 0 radical (unpaired) electrons. The number of aryl methyl sites for hydroxylation is 2. The zero-order chi connectivity index (χ0) is 15.0. The molecule has 3 nitrogen and oxygen atoms in total. The maximum Gasteiger partial charge on any atom is 0.137 e. The van der Waals surface area contributed by atoms with E-state index >= 15 is 0 Å². The number of pyridine rings is 1. The van der Waals surface area contributed by atoms with E-state index in [-0.39, 0.29) is 0 Å². The maximum absolute atomic E-state index is 6.12. The van der Waals surface area contributed by atoms with Crippen LogP contribution in [0.3, 0.4) is 0 Å². The topological polar surface area (TPSA) is 43.3 Å². The zero-order valence-electron chi connectivity index (χ0n) is 12.2. The van der Waals surface area contributed by atoms with Crippen LogP contribution in [-0.2, 0) is 6.42 Å². The van der Waals surface area contributed by atoms with E-state index in [1.165, 1.54) is 5.56 Å². The molecule has 0 fully saturated rings. The van der Waals surface area contributed by atoms with Gasteiger partial charge in [-0.1, -0.05) is 17.7 Å². The minimum Gasteiger partial charge on any atom is -0.330 e. The molecule has 4 heteroatoms. The minimum atomic E-state index is 0.598. The van der Waals surface area contributed by atoms with Crippen LogP contribution in [0.5, 0.6) is 0 Å². The molecular formula is C17H18ClN3. The first-order valence-corrected chi connectivity index (χ1v) is 7.42. The molecule has 0 spiro atoms. The van der Waals surface area contributed by atoms with Crippen molar-refractivity contribution in [2.45, 2.75) is 20.3 Å². The van der Waals surface area contributed by atoms with Gasteiger partial charge in [-0.3, -0.25) is 0 Å². The lowest BCUT2D eigenvalue weighted by atomic mass is 10.1. The van der Waals surface area contributed by atoms with Crippen LogP contribution in [0.2, 0.25) is 5.02 Å². The molecule has 0 saturated carbocycles. The van der Waals surface area contributed by atoms with Crippen molar-refractivity contribution in [2.24, 2.45) is 5.73 Å². The average Bonchev–Trinajstić information content (AvgIpc) is 2.80. The van der Waals surface area contributed by atoms with Crippen molar-refractivity contribution in [3.05, 3.63) is 58.4 Å². The van der Waals surface area contributed by atoms with Gasteiger partial charge in [0, 0.05) is 23.2 Å². The van der Waals surface area contributed by atoms with Crippen molar-refractivity contribution < 1.29 is 0 Å². The summed E-state index contributed by atoms with van der Waals surface area (Å²) in [6, 6.07) is 10.2. The van der Waals surface area contributed by atoms with Gasteiger partial charge in [-0.25, -0.2) is 4.98 Å². The molecule has 0 aliphatic heterocycles. The van der Waals surface area contributed by atoms with Gasteiger partial charge in [0.05, 0.1) is 11.4 Å². The monoisotopic (exact) mass is 299 g/mol. The molecule has 0 aliphatic rings. The summed E-state index contributed by atoms with van der Waals surface area (Å²) in [6.45, 7) is 4.68. The van der Waals surface area contributed by atoms with Crippen molar-refractivity contribution >= 4 is 17.2 Å². The molecule has 0 atom stereocenters. The van der Waals surface area contributed by atoms with E-state index in [0.29, 0.717) is 6.54 Å². The van der Waals surface area contributed by atoms with Crippen LogP contribution in [-0.4, -0.2) is 15.9 Å². The second-order valence-corrected chi connectivity index (χ2v) is 5.75. The number of hydrogen-bond donors (Lipinski definition) is 1. The predicted molar refractivity (Wildman–Crippen MR) is 87.9 cm³/mol. The Kier molecular flexibility index (Phi) is 3.70. The Bertz CT molecular complexity index is 805. The molecule has 0 aliphatic carbocycles. The first kappa shape index (κ1) is 14.1. The van der Waals surface area contributed by atoms with Gasteiger partial charge in [0.25, 0.3) is 0 Å². The van der Waals surface area contributed by atoms with Crippen LogP contribution in [0.25, 0.3) is 16.9 Å². The first-order chi connectivity index (χ1) is 10.1. The van der Waals surface area contributed by atoms with Gasteiger partial charge in [0.2, 0.25) is 0 Å². The van der Waals surface area contributed by atoms with Gasteiger partial charge in [0.15, 0.2) is 0 Å². The third-order valence-electron chi connectivity index (χ3n) is 3.69. The Morgan fingerprint density at radius 1 is 1.19 bits per heavy atom. The Morgan fingerprint density at radius 3 is 2.71 bits per heavy atom. The SMILES string of the molecule is Cc1ccn2c(CCN)c(-c3ccc(Cl)c(C)c3)nc2c1. The second kappa shape index (κ2) is 5.51. The third kappa shape index (κ3) is 2.55. The minimum absolute atomic E-state index is 0.598. The van der Waals surface area contributed by atoms with Crippen LogP contribution in [0.1, 0.15) is 16.8 Å². The summed E-state index contributed by atoms with van der Waals surface area (Å²) in [5.74, 6) is 0. The lowest BCUT2D eigenvalue weighted by Gasteiger charge is -2.06. The van der Waals surface area contributed by atoms with Crippen molar-refractivity contribution in [1.29, 1.82) is 0 Å². The molecule has 0 bridgehead atoms. The van der Waals surface area contributed by atoms with Crippen molar-refractivity contribution in [1.82, 2.24) is 9.38 Å². The summed E-state index contributed by atoms with van der Waals surface area (Å²) in [4.78, 5) is 4.80. The van der Waals surface area contributed by atoms with E-state index in [1.54, 1.807) is 0 Å². The predicted octanol–water partition coefficient (Wildman–Crippen LogP) is 3.77. The third-order valence-corrected chi connectivity index (χ3v) is 4.12. The fourth-order valence-corrected chi connectivity index (χ4v) is 2.71. The molecule has 0 unspecified atom stereocenters. The fourth-order valence-electron chi connectivity index (χ4n) is 2.60. The summed E-state index contributed by atoms with van der Waals surface area (Å²) in [6.07, 6.45) is 2.86. The maximum atomic E-state index is 6.12. The average molecular weight is 300 g/mol. The zero-order valence-corrected chi connectivity index (χ0v) is 13.0. The number of fused-ring (bicyclic) bond motifs is 1. The van der Waals surface area contributed by atoms with Crippen molar-refractivity contribution in [3.8, 4) is 11.3 Å². The molecule has 3 aromatic rings. The van der Waals surface area contributed by atoms with E-state index in [9.17, 15) is 0 Å². The normalized spacial score (nSPS) is 11.2. The fraction of sp³-hybridized carbons (Fsp3) is 0.235. The number of nitrogens with two attached hydrogens (primary N) is 1. The highest BCUT2D eigenvalue weighted by atomic mass is 35.5. The highest BCUT2D eigenvalue weighted by Crippen LogP contribution is 2.28. The van der Waals surface area contributed by atoms with Crippen molar-refractivity contribution in [2.75, 3.05) is 6.54 Å². The van der Waals surface area contributed by atoms with Gasteiger partial charge in [-0.05, 0) is 55.8 Å². The number of nitrogens with zero attached hydrogens (tertiary/aromatic N) is 2. The second-order valence-electron chi connectivity index (χ2n) is 5.34. The Labute approximate surface area is 129 Å². The molecular weight excluding hydrogens is 282 g/mol. The highest BCUT2D eigenvalue weighted by Gasteiger charge is 2.14. The van der Waals surface area contributed by atoms with E-state index in [4.69, 9.17) is 22.3 Å². The van der Waals surface area contributed by atoms with Gasteiger partial charge < -0.3 is 10.1 Å². The van der Waals surface area contributed by atoms with Gasteiger partial charge >= 0.3 is 0 Å². The molecule has 21 heavy (non-hydrogen) atoms. The van der Waals surface area contributed by atoms with E-state index in [2.05, 4.69) is 35.7 Å². The number of rotatable bonds is 3. The van der Waals surface area contributed by atoms with Gasteiger partial charge in [-0.15, -0.1) is 0 Å². The number of aromatic nitrogens is 2. The molecule has 0 saturated heterocycles. The van der Waals surface area contributed by atoms with E-state index in [0.717, 1.165) is 39.6 Å². The smallest absolute Gasteiger partial charge is 0.137 e. The van der Waals surface area contributed by atoms with Crippen LogP contribution in [0.15, 0.2) is 36.5 Å². The van der Waals surface area contributed by atoms with Crippen molar-refractivity contribution in [3.63, 3.8) is 0 Å². The molecule has 1 aromatic carbocycles. The number of halogens is 1. The quantitative estimate of drug-likeness (QED) is 0.800. The Hall–Kier alpha value is -1.84. The van der Waals surface area contributed by atoms with E-state index < -0.39 is 0 Å². The molecule has 3 rings (SSSR count). The van der Waals surface area contributed by atoms with Crippen LogP contribution >= 0.6 is 11.6 Å². The summed E-state index contributed by atoms with van der Waals surface area (Å²) in [7, 11) is 0. The molecule has 0 amide bonds. The highest BCUT2D eigenvalue weighted by molar-refractivity contribution is 6.31. The first-order valence-electron chi connectivity index (χ1n) is 7.04. The number of benzene rings is 1. The number of imidazole rings is 1. The summed E-state index contributed by atoms with van der Waals surface area (Å²) >= 11 is 6.12. The van der Waals surface area contributed by atoms with Gasteiger partial charge in [-0.2, -0.15) is 0 Å². The lowest BCUT2D eigenvalue weighted by Crippen LogP contribution is -2.06. The van der Waals surface area contributed by atoms with Crippen LogP contribution in [0, 0.1) is 13.8 Å². The van der Waals surface area contributed by atoms with Gasteiger partial charge in [0.1, 0.15) is 5.65 Å². The lowest BCUT2D eigenvalue weighted by molar-refractivity contribution is 0.906. The molecule has 2 N–H and O–H groups in total. The summed E-state index contributed by atoms with van der Waals surface area (Å²) in [5, 5.41) is 0.777. The largest absolute Gasteiger partial charge is 0.330 e. The standard InChI is InChI=1S/C17H18ClN3/c1-11-6-8-21-15(5-7-19)17(20-16(21)9-11)13-3-4-14(18)12(2)10-13/h3-4,6,8-10H,5,7,19H2,1-2H3. The molecule has 2 heterocycles. The summed E-state index contributed by atoms with van der Waals surface area (Å²) < 4.78 is 2.12. The van der Waals surface area contributed by atoms with Crippen LogP contribution < -0.4 is 5.73 Å². The van der Waals surface area contributed by atoms with Crippen LogP contribution in [0.4, 0.5) is 0 Å². The Balaban J connectivity index is 2.24.